The Hall–Kier alpha value is -3.10. The molecular weight excluding hydrogens is 472 g/mol. The highest BCUT2D eigenvalue weighted by Crippen LogP contribution is 2.29. The molecule has 0 bridgehead atoms. The van der Waals surface area contributed by atoms with Crippen LogP contribution in [0.25, 0.3) is 0 Å². The van der Waals surface area contributed by atoms with Crippen molar-refractivity contribution in [2.75, 3.05) is 6.54 Å². The van der Waals surface area contributed by atoms with Crippen molar-refractivity contribution in [3.63, 3.8) is 0 Å². The minimum Gasteiger partial charge on any atom is -0.444 e. The topological polar surface area (TPSA) is 131 Å². The van der Waals surface area contributed by atoms with Crippen LogP contribution in [0.15, 0.2) is 18.2 Å². The average Bonchev–Trinajstić information content (AvgIpc) is 2.73. The van der Waals surface area contributed by atoms with Crippen LogP contribution in [0.5, 0.6) is 0 Å². The zero-order valence-corrected chi connectivity index (χ0v) is 24.0. The number of nitrogens with two attached hydrogens (primary N) is 1. The molecule has 0 heterocycles. The molecule has 2 atom stereocenters. The number of primary amides is 1. The minimum atomic E-state index is -1.10. The third kappa shape index (κ3) is 10.8. The fourth-order valence-electron chi connectivity index (χ4n) is 3.85. The first-order chi connectivity index (χ1) is 17.0. The van der Waals surface area contributed by atoms with E-state index in [0.717, 1.165) is 17.5 Å². The van der Waals surface area contributed by atoms with Crippen LogP contribution >= 0.6 is 0 Å². The van der Waals surface area contributed by atoms with Gasteiger partial charge in [0.25, 0.3) is 0 Å². The third-order valence-electron chi connectivity index (χ3n) is 5.70. The fraction of sp³-hybridized carbons (Fsp3) is 0.643. The van der Waals surface area contributed by atoms with Crippen molar-refractivity contribution in [2.45, 2.75) is 111 Å². The Morgan fingerprint density at radius 1 is 1.05 bits per heavy atom. The summed E-state index contributed by atoms with van der Waals surface area (Å²) in [7, 11) is 0. The molecule has 1 aromatic rings. The Labute approximate surface area is 221 Å². The Morgan fingerprint density at radius 3 is 2.19 bits per heavy atom. The molecule has 0 saturated carbocycles. The normalized spacial score (nSPS) is 13.3. The van der Waals surface area contributed by atoms with Crippen LogP contribution < -0.4 is 16.4 Å². The van der Waals surface area contributed by atoms with Crippen LogP contribution in [0, 0.1) is 13.8 Å². The quantitative estimate of drug-likeness (QED) is 0.407. The maximum absolute atomic E-state index is 14.1. The number of nitrogens with one attached hydrogen (secondary N) is 2. The van der Waals surface area contributed by atoms with Gasteiger partial charge in [0.2, 0.25) is 17.7 Å². The van der Waals surface area contributed by atoms with E-state index in [-0.39, 0.29) is 25.3 Å². The Morgan fingerprint density at radius 2 is 1.68 bits per heavy atom. The monoisotopic (exact) mass is 518 g/mol. The van der Waals surface area contributed by atoms with E-state index in [4.69, 9.17) is 10.5 Å². The number of alkyl carbamates (subject to hydrolysis) is 1. The second-order valence-corrected chi connectivity index (χ2v) is 11.5. The Kier molecular flexibility index (Phi) is 11.6. The van der Waals surface area contributed by atoms with E-state index >= 15 is 0 Å². The lowest BCUT2D eigenvalue weighted by atomic mass is 9.93. The number of benzene rings is 1. The highest BCUT2D eigenvalue weighted by atomic mass is 16.6. The van der Waals surface area contributed by atoms with Crippen molar-refractivity contribution in [3.05, 3.63) is 34.9 Å². The summed E-state index contributed by atoms with van der Waals surface area (Å²) in [5, 5.41) is 5.63. The molecule has 1 rings (SSSR count). The van der Waals surface area contributed by atoms with Gasteiger partial charge in [-0.2, -0.15) is 0 Å². The summed E-state index contributed by atoms with van der Waals surface area (Å²) in [5.41, 5.74) is 6.65. The Bertz CT molecular complexity index is 962. The maximum atomic E-state index is 14.1. The average molecular weight is 519 g/mol. The second kappa shape index (κ2) is 13.4. The molecule has 1 aromatic carbocycles. The largest absolute Gasteiger partial charge is 0.444 e. The number of rotatable bonds is 11. The summed E-state index contributed by atoms with van der Waals surface area (Å²) in [6.07, 6.45) is 0.515. The summed E-state index contributed by atoms with van der Waals surface area (Å²) in [6.45, 7) is 16.9. The summed E-state index contributed by atoms with van der Waals surface area (Å²) in [6, 6.07) is 3.63. The van der Waals surface area contributed by atoms with Crippen LogP contribution in [0.3, 0.4) is 0 Å². The first-order valence-corrected chi connectivity index (χ1v) is 12.9. The lowest BCUT2D eigenvalue weighted by Gasteiger charge is -2.36. The number of aryl methyl sites for hydroxylation is 1. The molecule has 0 radical (unpaired) electrons. The summed E-state index contributed by atoms with van der Waals surface area (Å²) in [5.74, 6) is -1.40. The fourth-order valence-corrected chi connectivity index (χ4v) is 3.85. The first kappa shape index (κ1) is 31.9. The van der Waals surface area contributed by atoms with E-state index in [2.05, 4.69) is 10.6 Å². The van der Waals surface area contributed by atoms with Gasteiger partial charge in [-0.25, -0.2) is 4.79 Å². The molecule has 9 heteroatoms. The van der Waals surface area contributed by atoms with Crippen LogP contribution in [0.2, 0.25) is 0 Å². The van der Waals surface area contributed by atoms with Crippen molar-refractivity contribution in [1.82, 2.24) is 15.5 Å². The van der Waals surface area contributed by atoms with Gasteiger partial charge in [-0.15, -0.1) is 0 Å². The smallest absolute Gasteiger partial charge is 0.408 e. The Balaban J connectivity index is 3.60. The molecule has 2 unspecified atom stereocenters. The van der Waals surface area contributed by atoms with Crippen LogP contribution in [-0.4, -0.2) is 52.4 Å². The van der Waals surface area contributed by atoms with E-state index in [1.165, 1.54) is 4.90 Å². The van der Waals surface area contributed by atoms with Crippen LogP contribution in [0.1, 0.15) is 96.9 Å². The molecule has 0 spiro atoms. The number of carbonyl (C=O) groups excluding carboxylic acids is 4. The lowest BCUT2D eigenvalue weighted by molar-refractivity contribution is -0.143. The molecule has 4 N–H and O–H groups in total. The minimum absolute atomic E-state index is 0.0174. The number of hydrogen-bond donors (Lipinski definition) is 3. The predicted molar refractivity (Wildman–Crippen MR) is 145 cm³/mol. The van der Waals surface area contributed by atoms with Gasteiger partial charge in [-0.05, 0) is 84.9 Å². The van der Waals surface area contributed by atoms with Crippen molar-refractivity contribution >= 4 is 23.8 Å². The van der Waals surface area contributed by atoms with Crippen LogP contribution in [0.4, 0.5) is 4.79 Å². The predicted octanol–water partition coefficient (Wildman–Crippen LogP) is 4.05. The number of unbranched alkanes of at least 4 members (excludes halogenated alkanes) is 1. The van der Waals surface area contributed by atoms with E-state index in [9.17, 15) is 19.2 Å². The molecule has 0 fully saturated rings. The number of nitrogens with zero attached hydrogens (tertiary/aromatic N) is 1. The maximum Gasteiger partial charge on any atom is 0.408 e. The second-order valence-electron chi connectivity index (χ2n) is 11.5. The van der Waals surface area contributed by atoms with E-state index in [0.29, 0.717) is 12.0 Å². The molecule has 0 saturated heterocycles. The SMILES string of the molecule is CCCCN(C(=O)C(CCC(N)=O)NC(=O)OC(C)(C)C)C(C(=O)NC(C)(C)C)c1cccc(C)c1C. The van der Waals surface area contributed by atoms with Crippen molar-refractivity contribution in [3.8, 4) is 0 Å². The van der Waals surface area contributed by atoms with Gasteiger partial charge in [0.1, 0.15) is 17.7 Å². The third-order valence-corrected chi connectivity index (χ3v) is 5.70. The zero-order valence-electron chi connectivity index (χ0n) is 24.0. The number of amides is 4. The van der Waals surface area contributed by atoms with E-state index in [1.54, 1.807) is 20.8 Å². The lowest BCUT2D eigenvalue weighted by Crippen LogP contribution is -2.55. The molecule has 4 amide bonds. The highest BCUT2D eigenvalue weighted by Gasteiger charge is 2.37. The summed E-state index contributed by atoms with van der Waals surface area (Å²) in [4.78, 5) is 53.5. The standard InChI is InChI=1S/C28H46N4O5/c1-10-11-17-32(25(35)21(15-16-22(29)33)30-26(36)37-28(7,8)9)23(24(34)31-27(4,5)6)20-14-12-13-18(2)19(20)3/h12-14,21,23H,10-11,15-17H2,1-9H3,(H2,29,33)(H,30,36)(H,31,34). The van der Waals surface area contributed by atoms with Gasteiger partial charge in [0.15, 0.2) is 0 Å². The number of hydrogen-bond acceptors (Lipinski definition) is 5. The van der Waals surface area contributed by atoms with E-state index < -0.39 is 41.1 Å². The van der Waals surface area contributed by atoms with Gasteiger partial charge in [0, 0.05) is 18.5 Å². The first-order valence-electron chi connectivity index (χ1n) is 12.9. The van der Waals surface area contributed by atoms with Crippen molar-refractivity contribution < 1.29 is 23.9 Å². The molecule has 0 aliphatic heterocycles. The van der Waals surface area contributed by atoms with Gasteiger partial charge in [0.05, 0.1) is 0 Å². The van der Waals surface area contributed by atoms with Gasteiger partial charge in [-0.3, -0.25) is 14.4 Å². The zero-order chi connectivity index (χ0) is 28.6. The molecule has 37 heavy (non-hydrogen) atoms. The number of carbonyl (C=O) groups is 4. The van der Waals surface area contributed by atoms with Crippen LogP contribution in [-0.2, 0) is 19.1 Å². The van der Waals surface area contributed by atoms with E-state index in [1.807, 2.05) is 59.7 Å². The van der Waals surface area contributed by atoms with Gasteiger partial charge in [-0.1, -0.05) is 31.5 Å². The molecule has 208 valence electrons. The molecular formula is C28H46N4O5. The van der Waals surface area contributed by atoms with Crippen molar-refractivity contribution in [1.29, 1.82) is 0 Å². The molecule has 0 aliphatic carbocycles. The molecule has 0 aromatic heterocycles. The molecule has 9 nitrogen and oxygen atoms in total. The highest BCUT2D eigenvalue weighted by molar-refractivity contribution is 5.93. The van der Waals surface area contributed by atoms with Crippen molar-refractivity contribution in [2.24, 2.45) is 5.73 Å². The summed E-state index contributed by atoms with van der Waals surface area (Å²) >= 11 is 0. The number of ether oxygens (including phenoxy) is 1. The van der Waals surface area contributed by atoms with Gasteiger partial charge < -0.3 is 26.0 Å². The van der Waals surface area contributed by atoms with Gasteiger partial charge >= 0.3 is 6.09 Å². The molecule has 0 aliphatic rings. The summed E-state index contributed by atoms with van der Waals surface area (Å²) < 4.78 is 5.36.